The molecule has 9 heteroatoms. The molecule has 198 valence electrons. The van der Waals surface area contributed by atoms with Crippen molar-refractivity contribution in [3.05, 3.63) is 29.3 Å². The zero-order valence-corrected chi connectivity index (χ0v) is 21.4. The number of unbranched alkanes of at least 4 members (excludes halogenated alkanes) is 1. The van der Waals surface area contributed by atoms with Crippen LogP contribution >= 0.6 is 0 Å². The predicted molar refractivity (Wildman–Crippen MR) is 136 cm³/mol. The number of rotatable bonds is 12. The molecular formula is C27H40N4O5. The van der Waals surface area contributed by atoms with Gasteiger partial charge < -0.3 is 25.4 Å². The van der Waals surface area contributed by atoms with Gasteiger partial charge >= 0.3 is 5.97 Å². The smallest absolute Gasteiger partial charge is 0.308 e. The van der Waals surface area contributed by atoms with E-state index in [-0.39, 0.29) is 30.3 Å². The molecule has 3 atom stereocenters. The van der Waals surface area contributed by atoms with Gasteiger partial charge in [-0.05, 0) is 36.5 Å². The van der Waals surface area contributed by atoms with Crippen LogP contribution < -0.4 is 10.5 Å². The number of carboxylic acid groups (broad SMARTS) is 1. The quantitative estimate of drug-likeness (QED) is 0.449. The predicted octanol–water partition coefficient (Wildman–Crippen LogP) is 1.69. The van der Waals surface area contributed by atoms with Crippen molar-refractivity contribution in [2.75, 3.05) is 52.4 Å². The number of aliphatic carboxylic acids is 1. The number of benzene rings is 1. The van der Waals surface area contributed by atoms with E-state index in [1.165, 1.54) is 0 Å². The van der Waals surface area contributed by atoms with Crippen LogP contribution in [0.15, 0.2) is 18.2 Å². The fourth-order valence-corrected chi connectivity index (χ4v) is 6.00. The van der Waals surface area contributed by atoms with Gasteiger partial charge in [-0.3, -0.25) is 19.3 Å². The highest BCUT2D eigenvalue weighted by Crippen LogP contribution is 2.41. The Bertz CT molecular complexity index is 954. The van der Waals surface area contributed by atoms with Crippen LogP contribution in [0.25, 0.3) is 0 Å². The van der Waals surface area contributed by atoms with Gasteiger partial charge in [0.1, 0.15) is 5.75 Å². The Morgan fingerprint density at radius 2 is 2.08 bits per heavy atom. The summed E-state index contributed by atoms with van der Waals surface area (Å²) in [7, 11) is 0. The van der Waals surface area contributed by atoms with Crippen molar-refractivity contribution in [1.29, 1.82) is 0 Å². The first-order valence-electron chi connectivity index (χ1n) is 13.4. The zero-order chi connectivity index (χ0) is 25.7. The molecule has 9 nitrogen and oxygen atoms in total. The SMILES string of the molecule is CCCCN(CCN)C(=O)CN1C[C@H](c2ccc3c(c2)CCO3)[C@@H](C(=O)O)[C@@H]1CCN1CCCC1=O. The van der Waals surface area contributed by atoms with E-state index in [1.54, 1.807) is 4.90 Å². The standard InChI is InChI=1S/C27H40N4O5/c1-2-3-11-30(14-10-28)25(33)18-31-17-21(19-6-7-23-20(16-19)9-15-36-23)26(27(34)35)22(31)8-13-29-12-4-5-24(29)32/h6-7,16,21-22,26H,2-5,8-15,17-18,28H2,1H3,(H,34,35)/t21-,22+,26-/m1/s1. The Kier molecular flexibility index (Phi) is 8.85. The number of likely N-dealkylation sites (tertiary alicyclic amines) is 2. The minimum absolute atomic E-state index is 0.0108. The molecule has 2 fully saturated rings. The highest BCUT2D eigenvalue weighted by molar-refractivity contribution is 5.79. The normalized spacial score (nSPS) is 23.7. The summed E-state index contributed by atoms with van der Waals surface area (Å²) in [5.74, 6) is -0.759. The molecule has 0 aliphatic carbocycles. The molecule has 0 radical (unpaired) electrons. The largest absolute Gasteiger partial charge is 0.493 e. The Labute approximate surface area is 213 Å². The second-order valence-corrected chi connectivity index (χ2v) is 10.2. The number of carbonyl (C=O) groups is 3. The molecule has 4 rings (SSSR count). The molecule has 3 heterocycles. The number of nitrogens with zero attached hydrogens (tertiary/aromatic N) is 3. The van der Waals surface area contributed by atoms with Crippen LogP contribution in [0.5, 0.6) is 5.75 Å². The minimum atomic E-state index is -0.853. The number of fused-ring (bicyclic) bond motifs is 1. The first kappa shape index (κ1) is 26.4. The molecule has 36 heavy (non-hydrogen) atoms. The van der Waals surface area contributed by atoms with Gasteiger partial charge in [-0.2, -0.15) is 0 Å². The van der Waals surface area contributed by atoms with E-state index in [1.807, 2.05) is 21.9 Å². The minimum Gasteiger partial charge on any atom is -0.493 e. The van der Waals surface area contributed by atoms with Crippen LogP contribution in [0.4, 0.5) is 0 Å². The van der Waals surface area contributed by atoms with E-state index in [0.717, 1.165) is 49.1 Å². The lowest BCUT2D eigenvalue weighted by atomic mass is 9.83. The van der Waals surface area contributed by atoms with Crippen LogP contribution in [0.1, 0.15) is 56.1 Å². The van der Waals surface area contributed by atoms with Crippen molar-refractivity contribution in [2.45, 2.75) is 57.4 Å². The Morgan fingerprint density at radius 1 is 1.25 bits per heavy atom. The molecule has 3 aliphatic rings. The van der Waals surface area contributed by atoms with Gasteiger partial charge in [0.15, 0.2) is 0 Å². The summed E-state index contributed by atoms with van der Waals surface area (Å²) in [5, 5.41) is 10.4. The van der Waals surface area contributed by atoms with Crippen LogP contribution in [-0.2, 0) is 20.8 Å². The molecular weight excluding hydrogens is 460 g/mol. The molecule has 3 N–H and O–H groups in total. The van der Waals surface area contributed by atoms with E-state index < -0.39 is 11.9 Å². The average molecular weight is 501 g/mol. The van der Waals surface area contributed by atoms with Crippen molar-refractivity contribution in [3.8, 4) is 5.75 Å². The summed E-state index contributed by atoms with van der Waals surface area (Å²) in [6.07, 6.45) is 4.65. The molecule has 2 amide bonds. The Balaban J connectivity index is 1.57. The van der Waals surface area contributed by atoms with E-state index in [2.05, 4.69) is 13.0 Å². The van der Waals surface area contributed by atoms with Gasteiger partial charge in [-0.15, -0.1) is 0 Å². The van der Waals surface area contributed by atoms with Gasteiger partial charge in [0, 0.05) is 64.1 Å². The zero-order valence-electron chi connectivity index (χ0n) is 21.4. The fraction of sp³-hybridized carbons (Fsp3) is 0.667. The maximum atomic E-state index is 13.3. The first-order chi connectivity index (χ1) is 17.4. The third kappa shape index (κ3) is 5.83. The number of hydrogen-bond acceptors (Lipinski definition) is 6. The topological polar surface area (TPSA) is 116 Å². The maximum Gasteiger partial charge on any atom is 0.308 e. The fourth-order valence-electron chi connectivity index (χ4n) is 6.00. The van der Waals surface area contributed by atoms with Crippen molar-refractivity contribution in [3.63, 3.8) is 0 Å². The monoisotopic (exact) mass is 500 g/mol. The molecule has 0 spiro atoms. The van der Waals surface area contributed by atoms with Crippen LogP contribution in [0.3, 0.4) is 0 Å². The van der Waals surface area contributed by atoms with Crippen molar-refractivity contribution < 1.29 is 24.2 Å². The molecule has 1 aromatic carbocycles. The number of carboxylic acids is 1. The van der Waals surface area contributed by atoms with Gasteiger partial charge in [-0.25, -0.2) is 0 Å². The average Bonchev–Trinajstić information content (AvgIpc) is 3.58. The number of hydrogen-bond donors (Lipinski definition) is 2. The maximum absolute atomic E-state index is 13.3. The van der Waals surface area contributed by atoms with E-state index in [0.29, 0.717) is 52.2 Å². The van der Waals surface area contributed by atoms with E-state index >= 15 is 0 Å². The van der Waals surface area contributed by atoms with Crippen molar-refractivity contribution >= 4 is 17.8 Å². The first-order valence-corrected chi connectivity index (χ1v) is 13.4. The van der Waals surface area contributed by atoms with Gasteiger partial charge in [0.25, 0.3) is 0 Å². The van der Waals surface area contributed by atoms with Gasteiger partial charge in [-0.1, -0.05) is 25.5 Å². The summed E-state index contributed by atoms with van der Waals surface area (Å²) in [5.41, 5.74) is 7.87. The van der Waals surface area contributed by atoms with Gasteiger partial charge in [0.05, 0.1) is 19.1 Å². The highest BCUT2D eigenvalue weighted by atomic mass is 16.5. The van der Waals surface area contributed by atoms with Crippen LogP contribution in [-0.4, -0.2) is 96.1 Å². The van der Waals surface area contributed by atoms with Crippen LogP contribution in [0, 0.1) is 5.92 Å². The molecule has 2 saturated heterocycles. The number of carbonyl (C=O) groups excluding carboxylic acids is 2. The molecule has 1 aromatic rings. The summed E-state index contributed by atoms with van der Waals surface area (Å²) in [4.78, 5) is 43.9. The summed E-state index contributed by atoms with van der Waals surface area (Å²) in [6.45, 7) is 6.18. The molecule has 0 unspecified atom stereocenters. The summed E-state index contributed by atoms with van der Waals surface area (Å²) < 4.78 is 5.65. The molecule has 0 bridgehead atoms. The molecule has 0 aromatic heterocycles. The summed E-state index contributed by atoms with van der Waals surface area (Å²) >= 11 is 0. The van der Waals surface area contributed by atoms with E-state index in [9.17, 15) is 19.5 Å². The lowest BCUT2D eigenvalue weighted by molar-refractivity contribution is -0.144. The Hall–Kier alpha value is -2.65. The van der Waals surface area contributed by atoms with Crippen LogP contribution in [0.2, 0.25) is 0 Å². The number of ether oxygens (including phenoxy) is 1. The van der Waals surface area contributed by atoms with Crippen molar-refractivity contribution in [2.24, 2.45) is 11.7 Å². The number of nitrogens with two attached hydrogens (primary N) is 1. The third-order valence-electron chi connectivity index (χ3n) is 7.91. The molecule has 0 saturated carbocycles. The van der Waals surface area contributed by atoms with Crippen molar-refractivity contribution in [1.82, 2.24) is 14.7 Å². The second kappa shape index (κ2) is 12.1. The van der Waals surface area contributed by atoms with E-state index in [4.69, 9.17) is 10.5 Å². The second-order valence-electron chi connectivity index (χ2n) is 10.2. The lowest BCUT2D eigenvalue weighted by Crippen LogP contribution is -2.46. The highest BCUT2D eigenvalue weighted by Gasteiger charge is 2.47. The summed E-state index contributed by atoms with van der Waals surface area (Å²) in [6, 6.07) is 5.66. The third-order valence-corrected chi connectivity index (χ3v) is 7.91. The number of amides is 2. The molecule has 3 aliphatic heterocycles. The Morgan fingerprint density at radius 3 is 2.78 bits per heavy atom. The van der Waals surface area contributed by atoms with Gasteiger partial charge in [0.2, 0.25) is 11.8 Å². The lowest BCUT2D eigenvalue weighted by Gasteiger charge is -2.30.